The van der Waals surface area contributed by atoms with Crippen LogP contribution in [0, 0.1) is 22.7 Å². The number of fused-ring (bicyclic) bond motifs is 1. The van der Waals surface area contributed by atoms with Crippen molar-refractivity contribution < 1.29 is 4.79 Å². The third-order valence-corrected chi connectivity index (χ3v) is 3.53. The second-order valence-electron chi connectivity index (χ2n) is 5.36. The van der Waals surface area contributed by atoms with E-state index in [4.69, 9.17) is 10.5 Å². The Morgan fingerprint density at radius 2 is 2.05 bits per heavy atom. The van der Waals surface area contributed by atoms with E-state index in [-0.39, 0.29) is 16.9 Å². The molecule has 0 saturated heterocycles. The molecule has 0 radical (unpaired) electrons. The van der Waals surface area contributed by atoms with Gasteiger partial charge in [-0.2, -0.15) is 15.6 Å². The summed E-state index contributed by atoms with van der Waals surface area (Å²) in [6, 6.07) is 8.77. The van der Waals surface area contributed by atoms with Crippen molar-refractivity contribution in [1.82, 2.24) is 0 Å². The fourth-order valence-corrected chi connectivity index (χ4v) is 2.33. The van der Waals surface area contributed by atoms with Crippen LogP contribution in [0.15, 0.2) is 23.3 Å². The van der Waals surface area contributed by atoms with Gasteiger partial charge in [-0.3, -0.25) is 10.2 Å². The average molecular weight is 266 g/mol. The molecule has 20 heavy (non-hydrogen) atoms. The molecule has 0 saturated carbocycles. The van der Waals surface area contributed by atoms with Crippen LogP contribution >= 0.6 is 0 Å². The molecule has 0 aromatic heterocycles. The van der Waals surface area contributed by atoms with Gasteiger partial charge in [-0.25, -0.2) is 0 Å². The van der Waals surface area contributed by atoms with Crippen molar-refractivity contribution in [3.63, 3.8) is 0 Å². The van der Waals surface area contributed by atoms with Gasteiger partial charge in [0.15, 0.2) is 5.78 Å². The minimum Gasteiger partial charge on any atom is -0.294 e. The number of nitriles is 2. The number of carbonyl (C=O) groups excluding carboxylic acids is 1. The summed E-state index contributed by atoms with van der Waals surface area (Å²) in [6.07, 6.45) is 1.38. The lowest BCUT2D eigenvalue weighted by atomic mass is 9.72. The first-order valence-corrected chi connectivity index (χ1v) is 6.29. The number of anilines is 1. The number of ketones is 1. The first-order valence-electron chi connectivity index (χ1n) is 6.29. The number of carbonyl (C=O) groups is 1. The number of hydrazone groups is 1. The topological polar surface area (TPSA) is 89.0 Å². The average Bonchev–Trinajstić information content (AvgIpc) is 2.44. The summed E-state index contributed by atoms with van der Waals surface area (Å²) < 4.78 is 0. The van der Waals surface area contributed by atoms with Crippen LogP contribution in [-0.2, 0) is 5.41 Å². The lowest BCUT2D eigenvalue weighted by molar-refractivity contribution is 0.0957. The van der Waals surface area contributed by atoms with Crippen molar-refractivity contribution in [1.29, 1.82) is 10.5 Å². The summed E-state index contributed by atoms with van der Waals surface area (Å²) in [4.78, 5) is 12.0. The van der Waals surface area contributed by atoms with E-state index >= 15 is 0 Å². The summed E-state index contributed by atoms with van der Waals surface area (Å²) in [7, 11) is 0. The molecule has 0 aliphatic heterocycles. The van der Waals surface area contributed by atoms with Crippen molar-refractivity contribution >= 4 is 17.2 Å². The molecule has 1 aliphatic carbocycles. The van der Waals surface area contributed by atoms with Gasteiger partial charge in [0.25, 0.3) is 0 Å². The molecule has 100 valence electrons. The molecule has 0 atom stereocenters. The number of rotatable bonds is 2. The summed E-state index contributed by atoms with van der Waals surface area (Å²) in [5.74, 6) is 0.118. The van der Waals surface area contributed by atoms with Crippen molar-refractivity contribution in [3.05, 3.63) is 29.3 Å². The Kier molecular flexibility index (Phi) is 3.54. The molecule has 0 fully saturated rings. The van der Waals surface area contributed by atoms with Gasteiger partial charge >= 0.3 is 0 Å². The fraction of sp³-hybridized carbons (Fsp3) is 0.333. The van der Waals surface area contributed by atoms with Crippen molar-refractivity contribution in [3.8, 4) is 12.1 Å². The number of nitrogens with one attached hydrogen (secondary N) is 1. The van der Waals surface area contributed by atoms with E-state index < -0.39 is 0 Å². The summed E-state index contributed by atoms with van der Waals surface area (Å²) in [5, 5.41) is 20.9. The molecule has 2 rings (SSSR count). The van der Waals surface area contributed by atoms with Gasteiger partial charge < -0.3 is 0 Å². The zero-order valence-corrected chi connectivity index (χ0v) is 11.4. The number of nitrogens with zero attached hydrogens (tertiary/aromatic N) is 3. The number of hydrogen-bond acceptors (Lipinski definition) is 5. The van der Waals surface area contributed by atoms with Crippen LogP contribution in [0.4, 0.5) is 5.69 Å². The summed E-state index contributed by atoms with van der Waals surface area (Å²) in [5.41, 5.74) is 4.68. The minimum absolute atomic E-state index is 0.0183. The highest BCUT2D eigenvalue weighted by Gasteiger charge is 2.31. The van der Waals surface area contributed by atoms with Gasteiger partial charge in [0.2, 0.25) is 5.71 Å². The molecular weight excluding hydrogens is 252 g/mol. The third-order valence-electron chi connectivity index (χ3n) is 3.53. The molecule has 0 spiro atoms. The van der Waals surface area contributed by atoms with Crippen molar-refractivity contribution in [2.24, 2.45) is 5.10 Å². The molecule has 0 bridgehead atoms. The van der Waals surface area contributed by atoms with E-state index in [9.17, 15) is 4.79 Å². The molecule has 0 amide bonds. The van der Waals surface area contributed by atoms with Crippen LogP contribution in [0.1, 0.15) is 42.6 Å². The lowest BCUT2D eigenvalue weighted by Crippen LogP contribution is -2.27. The Morgan fingerprint density at radius 3 is 2.70 bits per heavy atom. The van der Waals surface area contributed by atoms with E-state index in [0.717, 1.165) is 12.0 Å². The van der Waals surface area contributed by atoms with E-state index in [1.54, 1.807) is 24.3 Å². The Bertz CT molecular complexity index is 658. The zero-order chi connectivity index (χ0) is 14.8. The van der Waals surface area contributed by atoms with Gasteiger partial charge in [-0.05, 0) is 29.5 Å². The zero-order valence-electron chi connectivity index (χ0n) is 11.4. The number of hydrogen-bond donors (Lipinski definition) is 1. The largest absolute Gasteiger partial charge is 0.294 e. The van der Waals surface area contributed by atoms with E-state index in [1.807, 2.05) is 6.07 Å². The molecule has 0 unspecified atom stereocenters. The van der Waals surface area contributed by atoms with Crippen LogP contribution in [0.5, 0.6) is 0 Å². The first kappa shape index (κ1) is 13.8. The maximum atomic E-state index is 12.0. The third kappa shape index (κ3) is 2.53. The Hall–Kier alpha value is -2.66. The Balaban J connectivity index is 2.36. The lowest BCUT2D eigenvalue weighted by Gasteiger charge is -2.31. The van der Waals surface area contributed by atoms with Gasteiger partial charge in [0.05, 0.1) is 5.69 Å². The molecule has 1 aromatic carbocycles. The maximum absolute atomic E-state index is 12.0. The standard InChI is InChI=1S/C15H14N4O/c1-15(2)6-5-14(20)12-7-10(3-4-13(12)15)18-19-11(8-16)9-17/h3-4,7,18H,5-6H2,1-2H3. The Labute approximate surface area is 117 Å². The predicted molar refractivity (Wildman–Crippen MR) is 75.3 cm³/mol. The van der Waals surface area contributed by atoms with Gasteiger partial charge in [-0.1, -0.05) is 19.9 Å². The molecular formula is C15H14N4O. The van der Waals surface area contributed by atoms with E-state index in [2.05, 4.69) is 24.4 Å². The monoisotopic (exact) mass is 266 g/mol. The van der Waals surface area contributed by atoms with Crippen molar-refractivity contribution in [2.75, 3.05) is 5.43 Å². The maximum Gasteiger partial charge on any atom is 0.237 e. The van der Waals surface area contributed by atoms with Gasteiger partial charge in [0, 0.05) is 12.0 Å². The van der Waals surface area contributed by atoms with Crippen LogP contribution < -0.4 is 5.43 Å². The molecule has 1 aliphatic rings. The van der Waals surface area contributed by atoms with Crippen molar-refractivity contribution in [2.45, 2.75) is 32.1 Å². The van der Waals surface area contributed by atoms with Crippen LogP contribution in [0.3, 0.4) is 0 Å². The normalized spacial score (nSPS) is 15.5. The van der Waals surface area contributed by atoms with E-state index in [0.29, 0.717) is 17.7 Å². The Morgan fingerprint density at radius 1 is 1.35 bits per heavy atom. The molecule has 1 N–H and O–H groups in total. The van der Waals surface area contributed by atoms with Crippen LogP contribution in [0.2, 0.25) is 0 Å². The number of benzene rings is 1. The second kappa shape index (κ2) is 5.14. The predicted octanol–water partition coefficient (Wildman–Crippen LogP) is 2.76. The highest BCUT2D eigenvalue weighted by molar-refractivity contribution is 6.10. The van der Waals surface area contributed by atoms with E-state index in [1.165, 1.54) is 0 Å². The first-order chi connectivity index (χ1) is 9.47. The quantitative estimate of drug-likeness (QED) is 0.658. The molecule has 5 heteroatoms. The molecule has 1 aromatic rings. The van der Waals surface area contributed by atoms with Crippen LogP contribution in [-0.4, -0.2) is 11.5 Å². The SMILES string of the molecule is CC1(C)CCC(=O)c2cc(NN=C(C#N)C#N)ccc21. The highest BCUT2D eigenvalue weighted by Crippen LogP contribution is 2.37. The molecule has 0 heterocycles. The summed E-state index contributed by atoms with van der Waals surface area (Å²) >= 11 is 0. The highest BCUT2D eigenvalue weighted by atomic mass is 16.1. The number of Topliss-reactive ketones (excluding diaryl/α,β-unsaturated/α-hetero) is 1. The molecule has 5 nitrogen and oxygen atoms in total. The van der Waals surface area contributed by atoms with Gasteiger partial charge in [0.1, 0.15) is 12.1 Å². The second-order valence-corrected chi connectivity index (χ2v) is 5.36. The summed E-state index contributed by atoms with van der Waals surface area (Å²) in [6.45, 7) is 4.24. The van der Waals surface area contributed by atoms with Gasteiger partial charge in [-0.15, -0.1) is 0 Å². The minimum atomic E-state index is -0.255. The van der Waals surface area contributed by atoms with Crippen LogP contribution in [0.25, 0.3) is 0 Å². The fourth-order valence-electron chi connectivity index (χ4n) is 2.33. The smallest absolute Gasteiger partial charge is 0.237 e.